The molecule has 0 aliphatic rings. The first kappa shape index (κ1) is 15.2. The average Bonchev–Trinajstić information content (AvgIpc) is 2.47. The van der Waals surface area contributed by atoms with Crippen LogP contribution in [0, 0.1) is 10.1 Å². The maximum atomic E-state index is 13.9. The highest BCUT2D eigenvalue weighted by Crippen LogP contribution is 2.33. The van der Waals surface area contributed by atoms with E-state index >= 15 is 0 Å². The summed E-state index contributed by atoms with van der Waals surface area (Å²) >= 11 is 5.78. The zero-order valence-corrected chi connectivity index (χ0v) is 11.4. The number of non-ortho nitro benzene ring substituents is 1. The van der Waals surface area contributed by atoms with Gasteiger partial charge in [-0.25, -0.2) is 0 Å². The summed E-state index contributed by atoms with van der Waals surface area (Å²) in [4.78, 5) is 9.99. The highest BCUT2D eigenvalue weighted by Gasteiger charge is 2.32. The summed E-state index contributed by atoms with van der Waals surface area (Å²) in [6, 6.07) is 10.6. The van der Waals surface area contributed by atoms with Crippen LogP contribution in [-0.2, 0) is 5.92 Å². The van der Waals surface area contributed by atoms with Crippen molar-refractivity contribution >= 4 is 17.3 Å². The molecule has 0 N–H and O–H groups in total. The highest BCUT2D eigenvalue weighted by molar-refractivity contribution is 6.32. The zero-order chi connectivity index (χ0) is 15.5. The molecule has 0 unspecified atom stereocenters. The molecule has 21 heavy (non-hydrogen) atoms. The molecule has 7 heteroatoms. The van der Waals surface area contributed by atoms with Crippen LogP contribution < -0.4 is 4.74 Å². The van der Waals surface area contributed by atoms with Crippen molar-refractivity contribution < 1.29 is 18.4 Å². The van der Waals surface area contributed by atoms with Gasteiger partial charge in [-0.15, -0.1) is 0 Å². The van der Waals surface area contributed by atoms with E-state index in [4.69, 9.17) is 16.3 Å². The molecule has 2 rings (SSSR count). The molecule has 0 saturated heterocycles. The third-order valence-electron chi connectivity index (χ3n) is 2.73. The van der Waals surface area contributed by atoms with Crippen LogP contribution in [0.25, 0.3) is 0 Å². The van der Waals surface area contributed by atoms with Crippen molar-refractivity contribution in [1.29, 1.82) is 0 Å². The van der Waals surface area contributed by atoms with Crippen molar-refractivity contribution in [2.24, 2.45) is 0 Å². The van der Waals surface area contributed by atoms with Crippen molar-refractivity contribution in [3.63, 3.8) is 0 Å². The minimum atomic E-state index is -3.23. The van der Waals surface area contributed by atoms with Gasteiger partial charge in [0.15, 0.2) is 6.61 Å². The second kappa shape index (κ2) is 6.05. The van der Waals surface area contributed by atoms with E-state index in [0.29, 0.717) is 0 Å². The maximum Gasteiger partial charge on any atom is 0.306 e. The Bertz CT molecular complexity index is 650. The fourth-order valence-electron chi connectivity index (χ4n) is 1.65. The number of hydrogen-bond donors (Lipinski definition) is 0. The van der Waals surface area contributed by atoms with E-state index in [1.165, 1.54) is 36.4 Å². The molecular formula is C14H10ClF2NO3. The molecule has 0 spiro atoms. The van der Waals surface area contributed by atoms with Gasteiger partial charge in [0, 0.05) is 11.6 Å². The summed E-state index contributed by atoms with van der Waals surface area (Å²) in [5.41, 5.74) is -0.482. The third-order valence-corrected chi connectivity index (χ3v) is 3.04. The quantitative estimate of drug-likeness (QED) is 0.606. The van der Waals surface area contributed by atoms with Crippen LogP contribution in [0.2, 0.25) is 5.02 Å². The van der Waals surface area contributed by atoms with Gasteiger partial charge in [0.05, 0.1) is 16.0 Å². The first-order chi connectivity index (χ1) is 9.90. The van der Waals surface area contributed by atoms with E-state index < -0.39 is 17.5 Å². The number of benzene rings is 2. The Labute approximate surface area is 124 Å². The molecule has 0 aliphatic carbocycles. The number of alkyl halides is 2. The van der Waals surface area contributed by atoms with E-state index in [1.807, 2.05) is 0 Å². The Kier molecular flexibility index (Phi) is 4.37. The fourth-order valence-corrected chi connectivity index (χ4v) is 1.82. The summed E-state index contributed by atoms with van der Waals surface area (Å²) in [6.07, 6.45) is 0. The van der Waals surface area contributed by atoms with E-state index in [0.717, 1.165) is 6.07 Å². The molecule has 0 atom stereocenters. The number of halogens is 3. The number of rotatable bonds is 5. The Hall–Kier alpha value is -2.21. The predicted molar refractivity (Wildman–Crippen MR) is 73.9 cm³/mol. The number of ether oxygens (including phenoxy) is 1. The summed E-state index contributed by atoms with van der Waals surface area (Å²) in [7, 11) is 0. The fraction of sp³-hybridized carbons (Fsp3) is 0.143. The van der Waals surface area contributed by atoms with Gasteiger partial charge >= 0.3 is 5.92 Å². The molecule has 0 radical (unpaired) electrons. The Morgan fingerprint density at radius 3 is 2.48 bits per heavy atom. The first-order valence-electron chi connectivity index (χ1n) is 5.90. The molecule has 2 aromatic carbocycles. The van der Waals surface area contributed by atoms with Gasteiger partial charge in [-0.05, 0) is 6.07 Å². The monoisotopic (exact) mass is 313 g/mol. The molecule has 4 nitrogen and oxygen atoms in total. The summed E-state index contributed by atoms with van der Waals surface area (Å²) in [5, 5.41) is 10.7. The summed E-state index contributed by atoms with van der Waals surface area (Å²) in [6.45, 7) is -0.960. The molecule has 0 bridgehead atoms. The largest absolute Gasteiger partial charge is 0.485 e. The van der Waals surface area contributed by atoms with Crippen LogP contribution in [0.5, 0.6) is 5.75 Å². The van der Waals surface area contributed by atoms with Crippen LogP contribution >= 0.6 is 11.6 Å². The first-order valence-corrected chi connectivity index (χ1v) is 6.28. The molecule has 0 aliphatic heterocycles. The Morgan fingerprint density at radius 1 is 1.19 bits per heavy atom. The molecule has 0 aromatic heterocycles. The number of nitrogens with zero attached hydrogens (tertiary/aromatic N) is 1. The van der Waals surface area contributed by atoms with Gasteiger partial charge in [-0.1, -0.05) is 41.9 Å². The van der Waals surface area contributed by atoms with Gasteiger partial charge in [-0.2, -0.15) is 8.78 Å². The third kappa shape index (κ3) is 3.66. The molecule has 0 saturated carbocycles. The van der Waals surface area contributed by atoms with Crippen LogP contribution in [-0.4, -0.2) is 11.5 Å². The van der Waals surface area contributed by atoms with E-state index in [-0.39, 0.29) is 22.0 Å². The predicted octanol–water partition coefficient (Wildman–Crippen LogP) is 4.42. The molecule has 2 aromatic rings. The van der Waals surface area contributed by atoms with Crippen LogP contribution in [0.15, 0.2) is 48.5 Å². The minimum absolute atomic E-state index is 0.0319. The van der Waals surface area contributed by atoms with Crippen LogP contribution in [0.3, 0.4) is 0 Å². The van der Waals surface area contributed by atoms with Gasteiger partial charge in [0.2, 0.25) is 0 Å². The molecular weight excluding hydrogens is 304 g/mol. The molecule has 0 amide bonds. The van der Waals surface area contributed by atoms with Crippen molar-refractivity contribution in [3.05, 3.63) is 69.2 Å². The van der Waals surface area contributed by atoms with E-state index in [9.17, 15) is 18.9 Å². The summed E-state index contributed by atoms with van der Waals surface area (Å²) in [5.74, 6) is -3.38. The van der Waals surface area contributed by atoms with E-state index in [2.05, 4.69) is 0 Å². The Morgan fingerprint density at radius 2 is 1.86 bits per heavy atom. The maximum absolute atomic E-state index is 13.9. The molecule has 0 fully saturated rings. The second-order valence-electron chi connectivity index (χ2n) is 4.23. The van der Waals surface area contributed by atoms with Gasteiger partial charge in [0.25, 0.3) is 5.69 Å². The summed E-state index contributed by atoms with van der Waals surface area (Å²) < 4.78 is 32.8. The second-order valence-corrected chi connectivity index (χ2v) is 4.64. The topological polar surface area (TPSA) is 52.4 Å². The van der Waals surface area contributed by atoms with Crippen molar-refractivity contribution in [2.75, 3.05) is 6.61 Å². The lowest BCUT2D eigenvalue weighted by molar-refractivity contribution is -0.384. The number of nitro groups is 1. The van der Waals surface area contributed by atoms with Crippen molar-refractivity contribution in [1.82, 2.24) is 0 Å². The van der Waals surface area contributed by atoms with Crippen molar-refractivity contribution in [3.8, 4) is 5.75 Å². The normalized spacial score (nSPS) is 11.2. The Balaban J connectivity index is 2.16. The van der Waals surface area contributed by atoms with Crippen molar-refractivity contribution in [2.45, 2.75) is 5.92 Å². The van der Waals surface area contributed by atoms with Gasteiger partial charge < -0.3 is 4.74 Å². The standard InChI is InChI=1S/C14H10ClF2NO3/c15-12-7-6-11(18(19)20)8-13(12)21-9-14(16,17)10-4-2-1-3-5-10/h1-8H,9H2. The van der Waals surface area contributed by atoms with Crippen LogP contribution in [0.1, 0.15) is 5.56 Å². The zero-order valence-electron chi connectivity index (χ0n) is 10.6. The number of hydrogen-bond acceptors (Lipinski definition) is 3. The molecule has 0 heterocycles. The van der Waals surface area contributed by atoms with Gasteiger partial charge in [-0.3, -0.25) is 10.1 Å². The number of nitro benzene ring substituents is 1. The van der Waals surface area contributed by atoms with Crippen LogP contribution in [0.4, 0.5) is 14.5 Å². The lowest BCUT2D eigenvalue weighted by Gasteiger charge is -2.17. The lowest BCUT2D eigenvalue weighted by Crippen LogP contribution is -2.23. The average molecular weight is 314 g/mol. The van der Waals surface area contributed by atoms with Gasteiger partial charge in [0.1, 0.15) is 5.75 Å². The SMILES string of the molecule is O=[N+]([O-])c1ccc(Cl)c(OCC(F)(F)c2ccccc2)c1. The smallest absolute Gasteiger partial charge is 0.306 e. The lowest BCUT2D eigenvalue weighted by atomic mass is 10.1. The minimum Gasteiger partial charge on any atom is -0.485 e. The molecule has 110 valence electrons. The highest BCUT2D eigenvalue weighted by atomic mass is 35.5. The van der Waals surface area contributed by atoms with E-state index in [1.54, 1.807) is 6.07 Å².